The quantitative estimate of drug-likeness (QED) is 0.749. The Labute approximate surface area is 84.7 Å². The Kier molecular flexibility index (Phi) is 2.06. The minimum absolute atomic E-state index is 0.241. The predicted octanol–water partition coefficient (Wildman–Crippen LogP) is 0.755. The van der Waals surface area contributed by atoms with Crippen molar-refractivity contribution in [1.29, 1.82) is 0 Å². The lowest BCUT2D eigenvalue weighted by atomic mass is 10.1. The fraction of sp³-hybridized carbons (Fsp3) is 0.333. The second-order valence-electron chi connectivity index (χ2n) is 3.52. The number of rotatable bonds is 1. The van der Waals surface area contributed by atoms with E-state index in [1.165, 1.54) is 18.5 Å². The summed E-state index contributed by atoms with van der Waals surface area (Å²) in [6.07, 6.45) is 2.71. The highest BCUT2D eigenvalue weighted by Gasteiger charge is 2.46. The Bertz CT molecular complexity index is 400. The molecule has 1 fully saturated rings. The van der Waals surface area contributed by atoms with Gasteiger partial charge < -0.3 is 10.6 Å². The third-order valence-corrected chi connectivity index (χ3v) is 2.14. The molecule has 1 aromatic heterocycles. The molecule has 80 valence electrons. The number of nitrogens with two attached hydrogens (primary N) is 1. The Morgan fingerprint density at radius 1 is 1.47 bits per heavy atom. The van der Waals surface area contributed by atoms with Crippen molar-refractivity contribution in [3.05, 3.63) is 24.0 Å². The van der Waals surface area contributed by atoms with Crippen molar-refractivity contribution in [2.45, 2.75) is 5.92 Å². The molecule has 4 nitrogen and oxygen atoms in total. The zero-order chi connectivity index (χ0) is 11.1. The number of nitrogens with zero attached hydrogens (tertiary/aromatic N) is 2. The molecule has 0 unspecified atom stereocenters. The molecular weight excluding hydrogens is 204 g/mol. The number of alkyl halides is 2. The van der Waals surface area contributed by atoms with Gasteiger partial charge >= 0.3 is 0 Å². The van der Waals surface area contributed by atoms with Crippen LogP contribution in [0.5, 0.6) is 0 Å². The molecule has 1 aliphatic heterocycles. The van der Waals surface area contributed by atoms with Crippen LogP contribution in [0.15, 0.2) is 18.5 Å². The lowest BCUT2D eigenvalue weighted by Gasteiger charge is -2.38. The first-order valence-electron chi connectivity index (χ1n) is 4.36. The van der Waals surface area contributed by atoms with Gasteiger partial charge in [0.25, 0.3) is 11.8 Å². The zero-order valence-corrected chi connectivity index (χ0v) is 7.78. The number of pyridine rings is 1. The summed E-state index contributed by atoms with van der Waals surface area (Å²) in [5, 5.41) is 0. The Hall–Kier alpha value is -1.72. The van der Waals surface area contributed by atoms with Crippen LogP contribution in [0.1, 0.15) is 10.4 Å². The summed E-state index contributed by atoms with van der Waals surface area (Å²) in [6, 6.07) is 1.42. The van der Waals surface area contributed by atoms with Gasteiger partial charge in [-0.3, -0.25) is 9.78 Å². The van der Waals surface area contributed by atoms with Gasteiger partial charge in [0.15, 0.2) is 0 Å². The van der Waals surface area contributed by atoms with E-state index >= 15 is 0 Å². The Balaban J connectivity index is 2.10. The Morgan fingerprint density at radius 2 is 2.13 bits per heavy atom. The fourth-order valence-electron chi connectivity index (χ4n) is 1.41. The van der Waals surface area contributed by atoms with E-state index in [0.29, 0.717) is 5.69 Å². The number of hydrogen-bond donors (Lipinski definition) is 1. The first-order valence-corrected chi connectivity index (χ1v) is 4.36. The topological polar surface area (TPSA) is 59.2 Å². The number of nitrogen functional groups attached to an aromatic ring is 1. The maximum atomic E-state index is 12.5. The average molecular weight is 213 g/mol. The number of anilines is 1. The molecule has 1 saturated heterocycles. The van der Waals surface area contributed by atoms with Crippen molar-refractivity contribution in [3.8, 4) is 0 Å². The van der Waals surface area contributed by atoms with Crippen molar-refractivity contribution in [2.75, 3.05) is 18.8 Å². The van der Waals surface area contributed by atoms with Gasteiger partial charge in [-0.2, -0.15) is 0 Å². The molecule has 0 spiro atoms. The van der Waals surface area contributed by atoms with Crippen LogP contribution in [-0.2, 0) is 0 Å². The zero-order valence-electron chi connectivity index (χ0n) is 7.78. The second kappa shape index (κ2) is 3.15. The SMILES string of the molecule is Nc1cncc(C(=O)N2CC(F)(F)C2)c1. The number of amides is 1. The van der Waals surface area contributed by atoms with Crippen LogP contribution in [0.2, 0.25) is 0 Å². The molecule has 0 saturated carbocycles. The highest BCUT2D eigenvalue weighted by Crippen LogP contribution is 2.27. The maximum Gasteiger partial charge on any atom is 0.282 e. The molecule has 1 amide bonds. The molecule has 0 bridgehead atoms. The summed E-state index contributed by atoms with van der Waals surface area (Å²) in [4.78, 5) is 16.4. The largest absolute Gasteiger partial charge is 0.397 e. The summed E-state index contributed by atoms with van der Waals surface area (Å²) >= 11 is 0. The highest BCUT2D eigenvalue weighted by atomic mass is 19.3. The molecule has 0 aliphatic carbocycles. The normalized spacial score (nSPS) is 18.4. The minimum atomic E-state index is -2.75. The first-order chi connectivity index (χ1) is 6.98. The van der Waals surface area contributed by atoms with E-state index in [9.17, 15) is 13.6 Å². The fourth-order valence-corrected chi connectivity index (χ4v) is 1.41. The van der Waals surface area contributed by atoms with E-state index in [-0.39, 0.29) is 5.56 Å². The monoisotopic (exact) mass is 213 g/mol. The number of carbonyl (C=O) groups excluding carboxylic acids is 1. The van der Waals surface area contributed by atoms with E-state index in [0.717, 1.165) is 4.90 Å². The van der Waals surface area contributed by atoms with E-state index in [1.807, 2.05) is 0 Å². The number of aromatic nitrogens is 1. The van der Waals surface area contributed by atoms with Gasteiger partial charge in [0, 0.05) is 12.4 Å². The lowest BCUT2D eigenvalue weighted by Crippen LogP contribution is -2.58. The number of likely N-dealkylation sites (tertiary alicyclic amines) is 1. The molecule has 0 aromatic carbocycles. The third-order valence-electron chi connectivity index (χ3n) is 2.14. The third kappa shape index (κ3) is 1.88. The van der Waals surface area contributed by atoms with Gasteiger partial charge in [-0.25, -0.2) is 8.78 Å². The van der Waals surface area contributed by atoms with Crippen molar-refractivity contribution in [2.24, 2.45) is 0 Å². The molecule has 1 aromatic rings. The van der Waals surface area contributed by atoms with Gasteiger partial charge in [-0.15, -0.1) is 0 Å². The summed E-state index contributed by atoms with van der Waals surface area (Å²) in [6.45, 7) is -1.05. The lowest BCUT2D eigenvalue weighted by molar-refractivity contribution is -0.113. The molecule has 2 N–H and O–H groups in total. The first kappa shape index (κ1) is 9.82. The summed E-state index contributed by atoms with van der Waals surface area (Å²) in [5.41, 5.74) is 6.01. The van der Waals surface area contributed by atoms with Crippen molar-refractivity contribution in [1.82, 2.24) is 9.88 Å². The predicted molar refractivity (Wildman–Crippen MR) is 49.5 cm³/mol. The standard InChI is InChI=1S/C9H9F2N3O/c10-9(11)4-14(5-9)8(15)6-1-7(12)3-13-2-6/h1-3H,4-5,12H2. The summed E-state index contributed by atoms with van der Waals surface area (Å²) < 4.78 is 25.0. The van der Waals surface area contributed by atoms with Gasteiger partial charge in [0.1, 0.15) is 0 Å². The average Bonchev–Trinajstić information content (AvgIpc) is 2.13. The van der Waals surface area contributed by atoms with E-state index in [2.05, 4.69) is 4.98 Å². The number of carbonyl (C=O) groups is 1. The molecule has 0 radical (unpaired) electrons. The van der Waals surface area contributed by atoms with Crippen LogP contribution in [0.3, 0.4) is 0 Å². The Morgan fingerprint density at radius 3 is 2.67 bits per heavy atom. The molecule has 2 heterocycles. The van der Waals surface area contributed by atoms with Crippen LogP contribution in [0.25, 0.3) is 0 Å². The summed E-state index contributed by atoms with van der Waals surface area (Å²) in [7, 11) is 0. The molecular formula is C9H9F2N3O. The van der Waals surface area contributed by atoms with Crippen molar-refractivity contribution < 1.29 is 13.6 Å². The van der Waals surface area contributed by atoms with Crippen LogP contribution in [0, 0.1) is 0 Å². The van der Waals surface area contributed by atoms with Gasteiger partial charge in [0.05, 0.1) is 24.3 Å². The summed E-state index contributed by atoms with van der Waals surface area (Å²) in [5.74, 6) is -3.20. The highest BCUT2D eigenvalue weighted by molar-refractivity contribution is 5.95. The van der Waals surface area contributed by atoms with Crippen LogP contribution < -0.4 is 5.73 Å². The van der Waals surface area contributed by atoms with Crippen LogP contribution in [0.4, 0.5) is 14.5 Å². The van der Waals surface area contributed by atoms with Crippen molar-refractivity contribution >= 4 is 11.6 Å². The maximum absolute atomic E-state index is 12.5. The number of halogens is 2. The van der Waals surface area contributed by atoms with Crippen LogP contribution >= 0.6 is 0 Å². The van der Waals surface area contributed by atoms with Gasteiger partial charge in [-0.1, -0.05) is 0 Å². The molecule has 6 heteroatoms. The van der Waals surface area contributed by atoms with Gasteiger partial charge in [0.2, 0.25) is 0 Å². The molecule has 1 aliphatic rings. The van der Waals surface area contributed by atoms with E-state index in [1.54, 1.807) is 0 Å². The molecule has 2 rings (SSSR count). The molecule has 0 atom stereocenters. The molecule has 15 heavy (non-hydrogen) atoms. The van der Waals surface area contributed by atoms with E-state index < -0.39 is 24.9 Å². The second-order valence-corrected chi connectivity index (χ2v) is 3.52. The minimum Gasteiger partial charge on any atom is -0.397 e. The van der Waals surface area contributed by atoms with Crippen LogP contribution in [-0.4, -0.2) is 34.8 Å². The smallest absolute Gasteiger partial charge is 0.282 e. The van der Waals surface area contributed by atoms with Crippen molar-refractivity contribution in [3.63, 3.8) is 0 Å². The number of hydrogen-bond acceptors (Lipinski definition) is 3. The van der Waals surface area contributed by atoms with Gasteiger partial charge in [-0.05, 0) is 6.07 Å². The van der Waals surface area contributed by atoms with E-state index in [4.69, 9.17) is 5.73 Å².